The third-order valence-corrected chi connectivity index (χ3v) is 2.26. The number of unbranched alkanes of at least 4 members (excludes halogenated alkanes) is 1. The van der Waals surface area contributed by atoms with Gasteiger partial charge in [-0.3, -0.25) is 0 Å². The van der Waals surface area contributed by atoms with Crippen LogP contribution < -0.4 is 0 Å². The molecule has 0 aliphatic heterocycles. The number of hydrogen-bond acceptors (Lipinski definition) is 1. The summed E-state index contributed by atoms with van der Waals surface area (Å²) in [7, 11) is 0. The molecule has 62 valence electrons. The molecule has 1 nitrogen and oxygen atoms in total. The number of aliphatic hydroxyl groups is 1. The fraction of sp³-hybridized carbons (Fsp3) is 1.00. The van der Waals surface area contributed by atoms with Crippen molar-refractivity contribution < 1.29 is 5.11 Å². The highest BCUT2D eigenvalue weighted by atomic mass is 79.9. The third kappa shape index (κ3) is 6.56. The van der Waals surface area contributed by atoms with Gasteiger partial charge in [-0.2, -0.15) is 0 Å². The van der Waals surface area contributed by atoms with Crippen LogP contribution in [0.4, 0.5) is 0 Å². The lowest BCUT2D eigenvalue weighted by atomic mass is 10.0. The van der Waals surface area contributed by atoms with Crippen molar-refractivity contribution in [2.75, 3.05) is 11.9 Å². The van der Waals surface area contributed by atoms with E-state index in [4.69, 9.17) is 5.11 Å². The summed E-state index contributed by atoms with van der Waals surface area (Å²) in [5, 5.41) is 9.69. The molecule has 1 atom stereocenters. The van der Waals surface area contributed by atoms with Gasteiger partial charge in [0.15, 0.2) is 0 Å². The Hall–Kier alpha value is 0.440. The van der Waals surface area contributed by atoms with Crippen LogP contribution in [-0.4, -0.2) is 17.0 Å². The number of hydrogen-bond donors (Lipinski definition) is 1. The zero-order chi connectivity index (χ0) is 7.82. The normalized spacial score (nSPS) is 13.5. The zero-order valence-electron chi connectivity index (χ0n) is 6.65. The second-order valence-electron chi connectivity index (χ2n) is 2.80. The van der Waals surface area contributed by atoms with E-state index in [0.29, 0.717) is 12.5 Å². The molecule has 0 saturated heterocycles. The van der Waals surface area contributed by atoms with Crippen LogP contribution in [0.25, 0.3) is 0 Å². The number of rotatable bonds is 6. The molecule has 10 heavy (non-hydrogen) atoms. The van der Waals surface area contributed by atoms with Crippen molar-refractivity contribution in [3.63, 3.8) is 0 Å². The molecule has 0 bridgehead atoms. The van der Waals surface area contributed by atoms with Crippen LogP contribution in [-0.2, 0) is 0 Å². The Balaban J connectivity index is 2.97. The molecule has 0 aromatic heterocycles. The van der Waals surface area contributed by atoms with Gasteiger partial charge in [0.25, 0.3) is 0 Å². The van der Waals surface area contributed by atoms with Crippen LogP contribution in [0.2, 0.25) is 0 Å². The monoisotopic (exact) mass is 208 g/mol. The highest BCUT2D eigenvalue weighted by molar-refractivity contribution is 9.09. The first-order valence-corrected chi connectivity index (χ1v) is 5.10. The van der Waals surface area contributed by atoms with Gasteiger partial charge < -0.3 is 5.11 Å². The van der Waals surface area contributed by atoms with Crippen LogP contribution in [0.3, 0.4) is 0 Å². The highest BCUT2D eigenvalue weighted by Gasteiger charge is 1.99. The minimum absolute atomic E-state index is 0.343. The topological polar surface area (TPSA) is 20.2 Å². The van der Waals surface area contributed by atoms with Crippen molar-refractivity contribution in [3.8, 4) is 0 Å². The molecule has 0 fully saturated rings. The van der Waals surface area contributed by atoms with Crippen LogP contribution in [0.15, 0.2) is 0 Å². The lowest BCUT2D eigenvalue weighted by molar-refractivity contribution is 0.257. The van der Waals surface area contributed by atoms with E-state index in [9.17, 15) is 0 Å². The van der Waals surface area contributed by atoms with Crippen LogP contribution in [0, 0.1) is 5.92 Å². The average Bonchev–Trinajstić information content (AvgIpc) is 1.89. The minimum Gasteiger partial charge on any atom is -0.396 e. The fourth-order valence-corrected chi connectivity index (χ4v) is 1.35. The molecule has 2 heteroatoms. The quantitative estimate of drug-likeness (QED) is 0.526. The predicted octanol–water partition coefficient (Wildman–Crippen LogP) is 2.57. The average molecular weight is 209 g/mol. The van der Waals surface area contributed by atoms with E-state index >= 15 is 0 Å². The number of alkyl halides is 1. The summed E-state index contributed by atoms with van der Waals surface area (Å²) in [6.45, 7) is 2.54. The van der Waals surface area contributed by atoms with Gasteiger partial charge in [-0.25, -0.2) is 0 Å². The van der Waals surface area contributed by atoms with Gasteiger partial charge >= 0.3 is 0 Å². The first-order chi connectivity index (χ1) is 4.81. The molecule has 0 heterocycles. The summed E-state index contributed by atoms with van der Waals surface area (Å²) in [6, 6.07) is 0. The van der Waals surface area contributed by atoms with Gasteiger partial charge in [0, 0.05) is 11.9 Å². The molecule has 0 radical (unpaired) electrons. The lowest BCUT2D eigenvalue weighted by Crippen LogP contribution is -1.97. The van der Waals surface area contributed by atoms with E-state index in [1.165, 1.54) is 19.3 Å². The van der Waals surface area contributed by atoms with Crippen molar-refractivity contribution >= 4 is 15.9 Å². The van der Waals surface area contributed by atoms with Crippen molar-refractivity contribution in [2.24, 2.45) is 5.92 Å². The van der Waals surface area contributed by atoms with Crippen molar-refractivity contribution in [3.05, 3.63) is 0 Å². The van der Waals surface area contributed by atoms with Gasteiger partial charge in [-0.15, -0.1) is 0 Å². The molecule has 0 rings (SSSR count). The maximum absolute atomic E-state index is 8.58. The molecule has 0 aliphatic carbocycles. The second kappa shape index (κ2) is 7.55. The van der Waals surface area contributed by atoms with Gasteiger partial charge in [0.05, 0.1) is 0 Å². The van der Waals surface area contributed by atoms with Crippen LogP contribution in [0.1, 0.15) is 32.6 Å². The summed E-state index contributed by atoms with van der Waals surface area (Å²) in [6.07, 6.45) is 4.76. The first-order valence-electron chi connectivity index (χ1n) is 3.98. The molecule has 0 amide bonds. The molecule has 0 spiro atoms. The van der Waals surface area contributed by atoms with E-state index in [0.717, 1.165) is 11.8 Å². The Bertz CT molecular complexity index is 66.3. The Kier molecular flexibility index (Phi) is 7.88. The summed E-state index contributed by atoms with van der Waals surface area (Å²) >= 11 is 3.39. The number of halogens is 1. The molecule has 1 N–H and O–H groups in total. The summed E-state index contributed by atoms with van der Waals surface area (Å²) in [5.41, 5.74) is 0. The van der Waals surface area contributed by atoms with Gasteiger partial charge in [-0.1, -0.05) is 35.7 Å². The number of aliphatic hydroxyl groups excluding tert-OH is 1. The highest BCUT2D eigenvalue weighted by Crippen LogP contribution is 2.11. The minimum atomic E-state index is 0.343. The smallest absolute Gasteiger partial charge is 0.0433 e. The fourth-order valence-electron chi connectivity index (χ4n) is 0.952. The maximum Gasteiger partial charge on any atom is 0.0433 e. The zero-order valence-corrected chi connectivity index (χ0v) is 8.23. The largest absolute Gasteiger partial charge is 0.396 e. The molecule has 0 aromatic carbocycles. The molecular formula is C8H17BrO. The summed E-state index contributed by atoms with van der Waals surface area (Å²) in [5.74, 6) is 0.698. The van der Waals surface area contributed by atoms with E-state index in [1.54, 1.807) is 0 Å². The third-order valence-electron chi connectivity index (χ3n) is 1.70. The molecule has 0 unspecified atom stereocenters. The van der Waals surface area contributed by atoms with E-state index < -0.39 is 0 Å². The van der Waals surface area contributed by atoms with Crippen molar-refractivity contribution in [1.29, 1.82) is 0 Å². The molecule has 0 aromatic rings. The summed E-state index contributed by atoms with van der Waals surface area (Å²) in [4.78, 5) is 0. The van der Waals surface area contributed by atoms with Crippen LogP contribution >= 0.6 is 15.9 Å². The van der Waals surface area contributed by atoms with Crippen molar-refractivity contribution in [2.45, 2.75) is 32.6 Å². The van der Waals surface area contributed by atoms with E-state index in [2.05, 4.69) is 22.9 Å². The van der Waals surface area contributed by atoms with Gasteiger partial charge in [0.1, 0.15) is 0 Å². The predicted molar refractivity (Wildman–Crippen MR) is 48.5 cm³/mol. The Morgan fingerprint density at radius 3 is 2.50 bits per heavy atom. The first kappa shape index (κ1) is 10.4. The standard InChI is InChI=1S/C8H17BrO/c1-8(5-7-10)4-2-3-6-9/h8,10H,2-7H2,1H3/t8-/m0/s1. The molecule has 0 aliphatic rings. The Morgan fingerprint density at radius 1 is 1.30 bits per heavy atom. The lowest BCUT2D eigenvalue weighted by Gasteiger charge is -2.07. The maximum atomic E-state index is 8.58. The SMILES string of the molecule is C[C@H](CCO)CCCCBr. The Labute approximate surface area is 72.0 Å². The Morgan fingerprint density at radius 2 is 2.00 bits per heavy atom. The van der Waals surface area contributed by atoms with Gasteiger partial charge in [-0.05, 0) is 18.8 Å². The van der Waals surface area contributed by atoms with Gasteiger partial charge in [0.2, 0.25) is 0 Å². The second-order valence-corrected chi connectivity index (χ2v) is 3.60. The van der Waals surface area contributed by atoms with E-state index in [-0.39, 0.29) is 0 Å². The van der Waals surface area contributed by atoms with Crippen LogP contribution in [0.5, 0.6) is 0 Å². The molecule has 0 saturated carbocycles. The van der Waals surface area contributed by atoms with Crippen molar-refractivity contribution in [1.82, 2.24) is 0 Å². The summed E-state index contributed by atoms with van der Waals surface area (Å²) < 4.78 is 0. The molecular weight excluding hydrogens is 192 g/mol. The van der Waals surface area contributed by atoms with E-state index in [1.807, 2.05) is 0 Å².